The minimum absolute atomic E-state index is 0.0791. The number of amides is 2. The number of pyridine rings is 1. The van der Waals surface area contributed by atoms with Crippen LogP contribution in [0.3, 0.4) is 0 Å². The number of hydrogen-bond donors (Lipinski definition) is 0. The van der Waals surface area contributed by atoms with Crippen molar-refractivity contribution in [1.82, 2.24) is 24.6 Å². The number of fused-ring (bicyclic) bond motifs is 1. The molecule has 10 nitrogen and oxygen atoms in total. The lowest BCUT2D eigenvalue weighted by molar-refractivity contribution is -0.134. The number of carbonyl (C=O) groups excluding carboxylic acids is 2. The molecular weight excluding hydrogens is 602 g/mol. The van der Waals surface area contributed by atoms with Crippen LogP contribution in [-0.4, -0.2) is 75.7 Å². The Kier molecular flexibility index (Phi) is 10.3. The average Bonchev–Trinajstić information content (AvgIpc) is 3.55. The number of anilines is 1. The smallest absolute Gasteiger partial charge is 0.257 e. The fourth-order valence-electron chi connectivity index (χ4n) is 6.80. The van der Waals surface area contributed by atoms with Crippen LogP contribution in [-0.2, 0) is 24.8 Å². The zero-order valence-electron chi connectivity index (χ0n) is 27.6. The van der Waals surface area contributed by atoms with Crippen LogP contribution >= 0.6 is 0 Å². The number of para-hydroxylation sites is 1. The van der Waals surface area contributed by atoms with E-state index >= 15 is 0 Å². The molecule has 0 bridgehead atoms. The van der Waals surface area contributed by atoms with Crippen LogP contribution in [0.2, 0.25) is 0 Å². The van der Waals surface area contributed by atoms with E-state index in [2.05, 4.69) is 21.1 Å². The maximum Gasteiger partial charge on any atom is 0.257 e. The second-order valence-electron chi connectivity index (χ2n) is 13.0. The molecule has 2 amide bonds. The van der Waals surface area contributed by atoms with E-state index in [0.717, 1.165) is 49.2 Å². The highest BCUT2D eigenvalue weighted by molar-refractivity contribution is 5.97. The van der Waals surface area contributed by atoms with E-state index in [-0.39, 0.29) is 17.2 Å². The number of carbonyl (C=O) groups is 2. The summed E-state index contributed by atoms with van der Waals surface area (Å²) in [7, 11) is 1.89. The van der Waals surface area contributed by atoms with Crippen LogP contribution in [0, 0.1) is 16.7 Å². The quantitative estimate of drug-likeness (QED) is 0.282. The zero-order chi connectivity index (χ0) is 33.3. The van der Waals surface area contributed by atoms with E-state index in [1.807, 2.05) is 89.9 Å². The number of hydrogen-bond acceptors (Lipinski definition) is 7. The van der Waals surface area contributed by atoms with Gasteiger partial charge in [0.25, 0.3) is 5.91 Å². The van der Waals surface area contributed by atoms with Gasteiger partial charge in [0.1, 0.15) is 17.6 Å². The van der Waals surface area contributed by atoms with Gasteiger partial charge in [-0.15, -0.1) is 0 Å². The number of aryl methyl sites for hydroxylation is 2. The van der Waals surface area contributed by atoms with Crippen LogP contribution in [0.15, 0.2) is 85.3 Å². The summed E-state index contributed by atoms with van der Waals surface area (Å²) in [6.07, 6.45) is 10.0. The molecule has 10 heteroatoms. The van der Waals surface area contributed by atoms with E-state index < -0.39 is 0 Å². The molecule has 1 spiro atoms. The van der Waals surface area contributed by atoms with E-state index in [1.54, 1.807) is 16.9 Å². The Morgan fingerprint density at radius 1 is 0.917 bits per heavy atom. The Balaban J connectivity index is 1.23. The lowest BCUT2D eigenvalue weighted by atomic mass is 9.75. The van der Waals surface area contributed by atoms with Crippen LogP contribution in [0.25, 0.3) is 0 Å². The van der Waals surface area contributed by atoms with Gasteiger partial charge in [-0.05, 0) is 67.5 Å². The number of benzene rings is 2. The highest BCUT2D eigenvalue weighted by Crippen LogP contribution is 2.38. The number of likely N-dealkylation sites (tertiary alicyclic amines) is 1. The molecule has 4 heterocycles. The zero-order valence-corrected chi connectivity index (χ0v) is 27.6. The highest BCUT2D eigenvalue weighted by Gasteiger charge is 2.37. The van der Waals surface area contributed by atoms with Crippen molar-refractivity contribution in [2.75, 3.05) is 44.2 Å². The molecule has 2 aliphatic heterocycles. The first kappa shape index (κ1) is 32.8. The van der Waals surface area contributed by atoms with Crippen molar-refractivity contribution in [3.05, 3.63) is 108 Å². The van der Waals surface area contributed by atoms with Gasteiger partial charge in [0, 0.05) is 70.5 Å². The number of aromatic nitrogens is 3. The van der Waals surface area contributed by atoms with Gasteiger partial charge in [-0.1, -0.05) is 42.5 Å². The second kappa shape index (κ2) is 15.2. The van der Waals surface area contributed by atoms with Crippen LogP contribution < -0.4 is 9.64 Å². The topological polar surface area (TPSA) is 108 Å². The van der Waals surface area contributed by atoms with Crippen molar-refractivity contribution in [1.29, 1.82) is 5.26 Å². The number of ether oxygens (including phenoxy) is 1. The average molecular weight is 646 g/mol. The van der Waals surface area contributed by atoms with E-state index in [9.17, 15) is 14.9 Å². The predicted octanol–water partition coefficient (Wildman–Crippen LogP) is 5.25. The van der Waals surface area contributed by atoms with Gasteiger partial charge in [0.05, 0.1) is 23.9 Å². The lowest BCUT2D eigenvalue weighted by Gasteiger charge is -2.42. The van der Waals surface area contributed by atoms with Crippen molar-refractivity contribution < 1.29 is 14.3 Å². The Bertz CT molecular complexity index is 1720. The van der Waals surface area contributed by atoms with Crippen molar-refractivity contribution in [2.24, 2.45) is 12.5 Å². The molecule has 0 saturated carbocycles. The fourth-order valence-corrected chi connectivity index (χ4v) is 6.80. The number of nitriles is 1. The first-order valence-electron chi connectivity index (χ1n) is 16.8. The fraction of sp³-hybridized carbons (Fsp3) is 0.395. The van der Waals surface area contributed by atoms with Crippen LogP contribution in [0.4, 0.5) is 5.82 Å². The van der Waals surface area contributed by atoms with Crippen molar-refractivity contribution in [3.63, 3.8) is 0 Å². The molecule has 0 radical (unpaired) electrons. The summed E-state index contributed by atoms with van der Waals surface area (Å²) in [6.45, 7) is 4.13. The first-order chi connectivity index (χ1) is 23.4. The molecule has 2 aliphatic rings. The summed E-state index contributed by atoms with van der Waals surface area (Å²) in [4.78, 5) is 38.2. The molecule has 2 aromatic carbocycles. The van der Waals surface area contributed by atoms with Crippen molar-refractivity contribution >= 4 is 17.6 Å². The predicted molar refractivity (Wildman–Crippen MR) is 183 cm³/mol. The summed E-state index contributed by atoms with van der Waals surface area (Å²) < 4.78 is 8.35. The molecule has 248 valence electrons. The van der Waals surface area contributed by atoms with Crippen LogP contribution in [0.5, 0.6) is 5.75 Å². The molecule has 2 aromatic heterocycles. The molecule has 1 fully saturated rings. The maximum atomic E-state index is 14.2. The number of rotatable bonds is 6. The van der Waals surface area contributed by atoms with Gasteiger partial charge in [-0.2, -0.15) is 10.4 Å². The molecule has 0 aliphatic carbocycles. The van der Waals surface area contributed by atoms with Gasteiger partial charge in [-0.25, -0.2) is 4.98 Å². The molecule has 4 aromatic rings. The first-order valence-corrected chi connectivity index (χ1v) is 16.8. The number of piperidine rings is 1. The molecule has 0 N–H and O–H groups in total. The minimum Gasteiger partial charge on any atom is -0.492 e. The van der Waals surface area contributed by atoms with Gasteiger partial charge >= 0.3 is 0 Å². The lowest BCUT2D eigenvalue weighted by Crippen LogP contribution is -2.46. The van der Waals surface area contributed by atoms with E-state index in [0.29, 0.717) is 69.0 Å². The van der Waals surface area contributed by atoms with Crippen LogP contribution in [0.1, 0.15) is 59.2 Å². The van der Waals surface area contributed by atoms with Gasteiger partial charge in [-0.3, -0.25) is 14.3 Å². The second-order valence-corrected chi connectivity index (χ2v) is 13.0. The molecule has 6 rings (SSSR count). The number of nitrogens with zero attached hydrogens (tertiary/aromatic N) is 7. The third kappa shape index (κ3) is 8.03. The largest absolute Gasteiger partial charge is 0.492 e. The van der Waals surface area contributed by atoms with E-state index in [1.165, 1.54) is 0 Å². The standard InChI is InChI=1S/C38H43N7O3/c1-42-27-32(26-41-42)13-15-36(46)44-20-17-38(18-21-44)16-7-19-43(35-14-12-31(24-39)25-40-35)22-23-45(28-30-8-3-2-4-9-30)37(47)33-10-5-6-11-34(33)48-29-38/h2-6,8-12,14,25-27H,7,13,15-23,28-29H2,1H3. The van der Waals surface area contributed by atoms with Crippen molar-refractivity contribution in [2.45, 2.75) is 45.1 Å². The Labute approximate surface area is 282 Å². The van der Waals surface area contributed by atoms with E-state index in [4.69, 9.17) is 4.74 Å². The third-order valence-corrected chi connectivity index (χ3v) is 9.69. The Hall–Kier alpha value is -5.17. The summed E-state index contributed by atoms with van der Waals surface area (Å²) in [6, 6.07) is 23.4. The highest BCUT2D eigenvalue weighted by atomic mass is 16.5. The monoisotopic (exact) mass is 645 g/mol. The molecule has 48 heavy (non-hydrogen) atoms. The third-order valence-electron chi connectivity index (χ3n) is 9.69. The summed E-state index contributed by atoms with van der Waals surface area (Å²) in [5, 5.41) is 13.6. The van der Waals surface area contributed by atoms with Gasteiger partial charge < -0.3 is 19.4 Å². The summed E-state index contributed by atoms with van der Waals surface area (Å²) in [5.74, 6) is 1.48. The normalized spacial score (nSPS) is 17.0. The Morgan fingerprint density at radius 3 is 2.44 bits per heavy atom. The molecule has 0 unspecified atom stereocenters. The maximum absolute atomic E-state index is 14.2. The van der Waals surface area contributed by atoms with Crippen molar-refractivity contribution in [3.8, 4) is 11.8 Å². The molecular formula is C38H43N7O3. The summed E-state index contributed by atoms with van der Waals surface area (Å²) >= 11 is 0. The summed E-state index contributed by atoms with van der Waals surface area (Å²) in [5.41, 5.74) is 3.05. The van der Waals surface area contributed by atoms with Gasteiger partial charge in [0.2, 0.25) is 5.91 Å². The van der Waals surface area contributed by atoms with Gasteiger partial charge in [0.15, 0.2) is 0 Å². The minimum atomic E-state index is -0.141. The molecule has 1 saturated heterocycles. The SMILES string of the molecule is Cn1cc(CCC(=O)N2CCC3(CCCN(c4ccc(C#N)cn4)CCN(Cc4ccccc4)C(=O)c4ccccc4OC3)CC2)cn1. The molecule has 0 atom stereocenters. The Morgan fingerprint density at radius 2 is 1.71 bits per heavy atom.